The van der Waals surface area contributed by atoms with Gasteiger partial charge in [0.2, 0.25) is 0 Å². The summed E-state index contributed by atoms with van der Waals surface area (Å²) in [4.78, 5) is 6.63. The molecule has 0 aliphatic carbocycles. The molecule has 0 amide bonds. The molecule has 58 valence electrons. The highest BCUT2D eigenvalue weighted by Gasteiger charge is 2.18. The van der Waals surface area contributed by atoms with E-state index in [1.54, 1.807) is 0 Å². The Kier molecular flexibility index (Phi) is 1.53. The molecule has 0 N–H and O–H groups in total. The first kappa shape index (κ1) is 6.65. The molecule has 2 heteroatoms. The maximum absolute atomic E-state index is 4.41. The number of allylic oxidation sites excluding steroid dienone is 2. The van der Waals surface area contributed by atoms with Gasteiger partial charge in [0.05, 0.1) is 0 Å². The molecule has 2 aliphatic heterocycles. The van der Waals surface area contributed by atoms with Gasteiger partial charge < -0.3 is 4.90 Å². The lowest BCUT2D eigenvalue weighted by Gasteiger charge is -2.32. The highest BCUT2D eigenvalue weighted by molar-refractivity contribution is 5.95. The zero-order valence-electron chi connectivity index (χ0n) is 6.70. The topological polar surface area (TPSA) is 15.6 Å². The van der Waals surface area contributed by atoms with Crippen LogP contribution in [0.15, 0.2) is 29.4 Å². The second-order valence-electron chi connectivity index (χ2n) is 2.99. The van der Waals surface area contributed by atoms with Crippen molar-refractivity contribution in [3.63, 3.8) is 0 Å². The minimum Gasteiger partial charge on any atom is -0.330 e. The summed E-state index contributed by atoms with van der Waals surface area (Å²) in [6, 6.07) is 0.615. The molecule has 0 fully saturated rings. The summed E-state index contributed by atoms with van der Waals surface area (Å²) in [5.74, 6) is 1.12. The van der Waals surface area contributed by atoms with Crippen LogP contribution in [0, 0.1) is 0 Å². The smallest absolute Gasteiger partial charge is 0.127 e. The fourth-order valence-electron chi connectivity index (χ4n) is 1.46. The van der Waals surface area contributed by atoms with E-state index in [-0.39, 0.29) is 0 Å². The average molecular weight is 148 g/mol. The summed E-state index contributed by atoms with van der Waals surface area (Å²) in [6.07, 6.45) is 9.42. The van der Waals surface area contributed by atoms with Crippen LogP contribution in [-0.4, -0.2) is 23.3 Å². The third-order valence-corrected chi connectivity index (χ3v) is 2.16. The van der Waals surface area contributed by atoms with E-state index in [4.69, 9.17) is 0 Å². The number of rotatable bonds is 0. The van der Waals surface area contributed by atoms with E-state index in [0.29, 0.717) is 6.04 Å². The molecule has 2 aliphatic rings. The van der Waals surface area contributed by atoms with Gasteiger partial charge in [0.15, 0.2) is 0 Å². The number of hydrogen-bond acceptors (Lipinski definition) is 2. The molecule has 2 rings (SSSR count). The molecule has 0 saturated carbocycles. The lowest BCUT2D eigenvalue weighted by molar-refractivity contribution is 0.388. The molecule has 0 aromatic heterocycles. The third kappa shape index (κ3) is 1.09. The molecule has 0 aromatic rings. The van der Waals surface area contributed by atoms with Crippen molar-refractivity contribution < 1.29 is 0 Å². The fourth-order valence-corrected chi connectivity index (χ4v) is 1.46. The lowest BCUT2D eigenvalue weighted by atomic mass is 10.1. The summed E-state index contributed by atoms with van der Waals surface area (Å²) in [5.41, 5.74) is 0. The normalized spacial score (nSPS) is 28.3. The average Bonchev–Trinajstić information content (AvgIpc) is 2.06. The van der Waals surface area contributed by atoms with Crippen LogP contribution in [0.2, 0.25) is 0 Å². The molecule has 0 radical (unpaired) electrons. The standard InChI is InChI=1S/C9H12N2/c1-8-5-6-10-9-4-2-3-7-11(8)9/h2-4,7-8H,5-6H2,1H3. The van der Waals surface area contributed by atoms with Gasteiger partial charge in [-0.05, 0) is 25.5 Å². The Morgan fingerprint density at radius 1 is 1.55 bits per heavy atom. The van der Waals surface area contributed by atoms with Crippen LogP contribution in [0.25, 0.3) is 0 Å². The van der Waals surface area contributed by atoms with Crippen LogP contribution in [-0.2, 0) is 0 Å². The van der Waals surface area contributed by atoms with Gasteiger partial charge in [-0.1, -0.05) is 6.08 Å². The number of fused-ring (bicyclic) bond motifs is 1. The molecular weight excluding hydrogens is 136 g/mol. The largest absolute Gasteiger partial charge is 0.330 e. The quantitative estimate of drug-likeness (QED) is 0.509. The molecule has 1 atom stereocenters. The first-order valence-electron chi connectivity index (χ1n) is 4.05. The maximum Gasteiger partial charge on any atom is 0.127 e. The van der Waals surface area contributed by atoms with Crippen molar-refractivity contribution in [1.82, 2.24) is 4.90 Å². The zero-order valence-corrected chi connectivity index (χ0v) is 6.70. The van der Waals surface area contributed by atoms with E-state index in [1.807, 2.05) is 6.08 Å². The monoisotopic (exact) mass is 148 g/mol. The highest BCUT2D eigenvalue weighted by Crippen LogP contribution is 2.15. The van der Waals surface area contributed by atoms with E-state index in [9.17, 15) is 0 Å². The molecule has 1 unspecified atom stereocenters. The third-order valence-electron chi connectivity index (χ3n) is 2.16. The Labute approximate surface area is 66.9 Å². The summed E-state index contributed by atoms with van der Waals surface area (Å²) >= 11 is 0. The van der Waals surface area contributed by atoms with Crippen LogP contribution < -0.4 is 0 Å². The SMILES string of the molecule is CC1CCN=C2C=CC=CN21. The van der Waals surface area contributed by atoms with Gasteiger partial charge in [0.25, 0.3) is 0 Å². The van der Waals surface area contributed by atoms with Crippen molar-refractivity contribution in [2.75, 3.05) is 6.54 Å². The number of nitrogens with zero attached hydrogens (tertiary/aromatic N) is 2. The predicted molar refractivity (Wildman–Crippen MR) is 46.5 cm³/mol. The number of aliphatic imine (C=N–C) groups is 1. The minimum absolute atomic E-state index is 0.615. The number of amidine groups is 1. The summed E-state index contributed by atoms with van der Waals surface area (Å²) < 4.78 is 0. The summed E-state index contributed by atoms with van der Waals surface area (Å²) in [6.45, 7) is 3.21. The van der Waals surface area contributed by atoms with Crippen molar-refractivity contribution in [1.29, 1.82) is 0 Å². The maximum atomic E-state index is 4.41. The van der Waals surface area contributed by atoms with Gasteiger partial charge in [-0.25, -0.2) is 0 Å². The van der Waals surface area contributed by atoms with Gasteiger partial charge in [-0.2, -0.15) is 0 Å². The van der Waals surface area contributed by atoms with Crippen molar-refractivity contribution >= 4 is 5.84 Å². The second kappa shape index (κ2) is 2.53. The first-order valence-corrected chi connectivity index (χ1v) is 4.05. The van der Waals surface area contributed by atoms with Gasteiger partial charge in [-0.3, -0.25) is 4.99 Å². The second-order valence-corrected chi connectivity index (χ2v) is 2.99. The van der Waals surface area contributed by atoms with E-state index in [2.05, 4.69) is 35.2 Å². The molecule has 2 nitrogen and oxygen atoms in total. The van der Waals surface area contributed by atoms with E-state index >= 15 is 0 Å². The van der Waals surface area contributed by atoms with Crippen molar-refractivity contribution in [2.45, 2.75) is 19.4 Å². The Morgan fingerprint density at radius 2 is 2.45 bits per heavy atom. The van der Waals surface area contributed by atoms with Gasteiger partial charge >= 0.3 is 0 Å². The molecule has 0 saturated heterocycles. The van der Waals surface area contributed by atoms with Crippen LogP contribution in [0.1, 0.15) is 13.3 Å². The van der Waals surface area contributed by atoms with E-state index < -0.39 is 0 Å². The predicted octanol–water partition coefficient (Wildman–Crippen LogP) is 1.56. The fraction of sp³-hybridized carbons (Fsp3) is 0.444. The van der Waals surface area contributed by atoms with Gasteiger partial charge in [0.1, 0.15) is 5.84 Å². The van der Waals surface area contributed by atoms with Crippen molar-refractivity contribution in [3.05, 3.63) is 24.4 Å². The lowest BCUT2D eigenvalue weighted by Crippen LogP contribution is -2.37. The van der Waals surface area contributed by atoms with Crippen LogP contribution in [0.4, 0.5) is 0 Å². The van der Waals surface area contributed by atoms with Crippen molar-refractivity contribution in [3.8, 4) is 0 Å². The van der Waals surface area contributed by atoms with Gasteiger partial charge in [0, 0.05) is 18.8 Å². The number of hydrogen-bond donors (Lipinski definition) is 0. The Balaban J connectivity index is 2.29. The molecular formula is C9H12N2. The highest BCUT2D eigenvalue weighted by atomic mass is 15.2. The van der Waals surface area contributed by atoms with E-state index in [0.717, 1.165) is 12.4 Å². The molecule has 0 bridgehead atoms. The van der Waals surface area contributed by atoms with Crippen LogP contribution in [0.5, 0.6) is 0 Å². The summed E-state index contributed by atoms with van der Waals surface area (Å²) in [7, 11) is 0. The van der Waals surface area contributed by atoms with Crippen molar-refractivity contribution in [2.24, 2.45) is 4.99 Å². The first-order chi connectivity index (χ1) is 5.38. The molecule has 2 heterocycles. The Bertz CT molecular complexity index is 238. The Hall–Kier alpha value is -1.05. The molecule has 11 heavy (non-hydrogen) atoms. The molecule has 0 aromatic carbocycles. The van der Waals surface area contributed by atoms with Crippen LogP contribution in [0.3, 0.4) is 0 Å². The minimum atomic E-state index is 0.615. The van der Waals surface area contributed by atoms with Gasteiger partial charge in [-0.15, -0.1) is 0 Å². The Morgan fingerprint density at radius 3 is 3.27 bits per heavy atom. The molecule has 0 spiro atoms. The zero-order chi connectivity index (χ0) is 7.68. The summed E-state index contributed by atoms with van der Waals surface area (Å²) in [5, 5.41) is 0. The van der Waals surface area contributed by atoms with Crippen LogP contribution >= 0.6 is 0 Å². The van der Waals surface area contributed by atoms with E-state index in [1.165, 1.54) is 6.42 Å².